The van der Waals surface area contributed by atoms with Crippen molar-refractivity contribution in [1.29, 1.82) is 0 Å². The molecule has 3 heterocycles. The van der Waals surface area contributed by atoms with Crippen LogP contribution in [-0.2, 0) is 40.2 Å². The summed E-state index contributed by atoms with van der Waals surface area (Å²) < 4.78 is 68.9. The van der Waals surface area contributed by atoms with Crippen LogP contribution in [0.1, 0.15) is 28.9 Å². The van der Waals surface area contributed by atoms with Crippen LogP contribution in [0.2, 0.25) is 0 Å². The zero-order valence-corrected chi connectivity index (χ0v) is 18.0. The minimum absolute atomic E-state index is 0.0278. The predicted molar refractivity (Wildman–Crippen MR) is 107 cm³/mol. The second-order valence-corrected chi connectivity index (χ2v) is 9.25. The highest BCUT2D eigenvalue weighted by Gasteiger charge is 2.38. The van der Waals surface area contributed by atoms with Crippen molar-refractivity contribution in [3.63, 3.8) is 0 Å². The van der Waals surface area contributed by atoms with Crippen LogP contribution < -0.4 is 15.2 Å². The van der Waals surface area contributed by atoms with E-state index in [1.54, 1.807) is 0 Å². The maximum Gasteiger partial charge on any atom is 0.433 e. The van der Waals surface area contributed by atoms with E-state index >= 15 is 0 Å². The fourth-order valence-corrected chi connectivity index (χ4v) is 4.83. The number of aromatic nitrogens is 3. The molecule has 0 saturated carbocycles. The lowest BCUT2D eigenvalue weighted by atomic mass is 10.1. The third-order valence-corrected chi connectivity index (χ3v) is 6.72. The van der Waals surface area contributed by atoms with Gasteiger partial charge in [0.2, 0.25) is 5.88 Å². The summed E-state index contributed by atoms with van der Waals surface area (Å²) in [6.45, 7) is 1.72. The number of nitrogens with zero attached hydrogens (tertiary/aromatic N) is 4. The largest absolute Gasteiger partial charge is 0.474 e. The molecule has 1 aliphatic heterocycles. The predicted octanol–water partition coefficient (Wildman–Crippen LogP) is 2.43. The first-order valence-corrected chi connectivity index (χ1v) is 11.3. The van der Waals surface area contributed by atoms with Gasteiger partial charge in [0.05, 0.1) is 18.4 Å². The first-order chi connectivity index (χ1) is 15.0. The van der Waals surface area contributed by atoms with Gasteiger partial charge in [-0.15, -0.1) is 4.36 Å². The fraction of sp³-hybridized carbons (Fsp3) is 0.500. The molecule has 174 valence electrons. The van der Waals surface area contributed by atoms with Gasteiger partial charge < -0.3 is 14.8 Å². The number of fused-ring (bicyclic) bond motifs is 2. The van der Waals surface area contributed by atoms with Crippen molar-refractivity contribution < 1.29 is 31.6 Å². The molecule has 10 nitrogen and oxygen atoms in total. The molecule has 3 N–H and O–H groups in total. The number of aryl methyl sites for hydroxylation is 1. The molecule has 0 bridgehead atoms. The Balaban J connectivity index is 1.67. The van der Waals surface area contributed by atoms with Gasteiger partial charge in [0.15, 0.2) is 9.92 Å². The van der Waals surface area contributed by atoms with E-state index in [0.717, 1.165) is 0 Å². The molecular formula is C18H21F3N6O4S. The van der Waals surface area contributed by atoms with E-state index in [-0.39, 0.29) is 40.4 Å². The lowest BCUT2D eigenvalue weighted by Gasteiger charge is -2.23. The fourth-order valence-electron chi connectivity index (χ4n) is 3.82. The Bertz CT molecular complexity index is 1200. The van der Waals surface area contributed by atoms with Gasteiger partial charge in [-0.25, -0.2) is 23.8 Å². The number of hydrogen-bond acceptors (Lipinski definition) is 6. The quantitative estimate of drug-likeness (QED) is 0.702. The van der Waals surface area contributed by atoms with Crippen LogP contribution >= 0.6 is 0 Å². The maximum absolute atomic E-state index is 13.4. The highest BCUT2D eigenvalue weighted by Crippen LogP contribution is 2.39. The van der Waals surface area contributed by atoms with E-state index in [4.69, 9.17) is 14.6 Å². The van der Waals surface area contributed by atoms with E-state index < -0.39 is 27.8 Å². The topological polar surface area (TPSA) is 134 Å². The molecule has 2 aromatic rings. The number of nitrogens with two attached hydrogens (primary N) is 1. The first kappa shape index (κ1) is 22.5. The van der Waals surface area contributed by atoms with Crippen LogP contribution in [0.4, 0.5) is 23.7 Å². The summed E-state index contributed by atoms with van der Waals surface area (Å²) in [5.74, 6) is 0.0997. The van der Waals surface area contributed by atoms with Crippen LogP contribution in [0.15, 0.2) is 15.5 Å². The van der Waals surface area contributed by atoms with Gasteiger partial charge in [0.25, 0.3) is 0 Å². The molecule has 2 aliphatic rings. The zero-order chi connectivity index (χ0) is 23.3. The lowest BCUT2D eigenvalue weighted by molar-refractivity contribution is -0.141. The van der Waals surface area contributed by atoms with E-state index in [1.807, 2.05) is 0 Å². The van der Waals surface area contributed by atoms with Crippen LogP contribution in [-0.4, -0.2) is 44.8 Å². The van der Waals surface area contributed by atoms with E-state index in [9.17, 15) is 22.2 Å². The number of alkyl halides is 3. The Hall–Kier alpha value is -2.71. The van der Waals surface area contributed by atoms with E-state index in [2.05, 4.69) is 19.8 Å². The average Bonchev–Trinajstić information content (AvgIpc) is 3.35. The van der Waals surface area contributed by atoms with Crippen molar-refractivity contribution >= 4 is 21.6 Å². The number of nitrogens with one attached hydrogen (secondary N) is 1. The maximum atomic E-state index is 13.4. The molecule has 1 unspecified atom stereocenters. The van der Waals surface area contributed by atoms with Crippen LogP contribution in [0.25, 0.3) is 0 Å². The van der Waals surface area contributed by atoms with E-state index in [1.165, 1.54) is 24.9 Å². The molecular weight excluding hydrogens is 453 g/mol. The van der Waals surface area contributed by atoms with Crippen molar-refractivity contribution in [2.75, 3.05) is 19.0 Å². The first-order valence-electron chi connectivity index (χ1n) is 9.68. The number of methoxy groups -OCH3 is 1. The van der Waals surface area contributed by atoms with Crippen molar-refractivity contribution in [2.45, 2.75) is 49.9 Å². The third kappa shape index (κ3) is 4.04. The van der Waals surface area contributed by atoms with E-state index in [0.29, 0.717) is 31.4 Å². The second kappa shape index (κ2) is 8.01. The lowest BCUT2D eigenvalue weighted by Crippen LogP contribution is -2.32. The van der Waals surface area contributed by atoms with Crippen molar-refractivity contribution in [1.82, 2.24) is 14.8 Å². The number of hydrogen-bond donors (Lipinski definition) is 2. The third-order valence-electron chi connectivity index (χ3n) is 5.38. The normalized spacial score (nSPS) is 19.5. The number of pyridine rings is 1. The van der Waals surface area contributed by atoms with Gasteiger partial charge in [0.1, 0.15) is 23.3 Å². The van der Waals surface area contributed by atoms with Crippen molar-refractivity contribution in [2.24, 2.45) is 9.50 Å². The number of halogens is 3. The van der Waals surface area contributed by atoms with Gasteiger partial charge in [-0.1, -0.05) is 0 Å². The number of carbonyl (C=O) groups is 1. The minimum atomic E-state index is -4.69. The summed E-state index contributed by atoms with van der Waals surface area (Å²) in [6, 6.07) is -1.14. The van der Waals surface area contributed by atoms with Gasteiger partial charge in [0, 0.05) is 18.4 Å². The number of urea groups is 1. The number of ether oxygens (including phenoxy) is 2. The molecule has 32 heavy (non-hydrogen) atoms. The molecule has 2 amide bonds. The molecule has 0 spiro atoms. The Morgan fingerprint density at radius 1 is 1.44 bits per heavy atom. The molecule has 14 heteroatoms. The number of amides is 2. The van der Waals surface area contributed by atoms with Crippen molar-refractivity contribution in [3.05, 3.63) is 28.7 Å². The van der Waals surface area contributed by atoms with Crippen molar-refractivity contribution in [3.8, 4) is 5.88 Å². The molecule has 0 aromatic carbocycles. The molecule has 0 saturated heterocycles. The standard InChI is InChI=1S/C18H21F3N6O4S/c1-9-14(11-4-3-5-12(11)24-15(9)18(19,20)21)25-17(28)26-32(22,29)13-6-23-27-7-10(30-2)8-31-16(13)27/h6,10H,3-5,7-8H2,1-2H3,(H3,22,24,25,26,28,29)/t10-,32?/m1/s1. The Morgan fingerprint density at radius 2 is 2.19 bits per heavy atom. The highest BCUT2D eigenvalue weighted by molar-refractivity contribution is 7.91. The molecule has 2 atom stereocenters. The van der Waals surface area contributed by atoms with Crippen LogP contribution in [0, 0.1) is 6.92 Å². The summed E-state index contributed by atoms with van der Waals surface area (Å²) in [5.41, 5.74) is -0.547. The molecule has 1 aliphatic carbocycles. The van der Waals surface area contributed by atoms with Gasteiger partial charge in [-0.05, 0) is 31.7 Å². The Labute approximate surface area is 181 Å². The molecule has 0 radical (unpaired) electrons. The molecule has 4 rings (SSSR count). The highest BCUT2D eigenvalue weighted by atomic mass is 32.2. The minimum Gasteiger partial charge on any atom is -0.474 e. The molecule has 2 aromatic heterocycles. The summed E-state index contributed by atoms with van der Waals surface area (Å²) >= 11 is 0. The summed E-state index contributed by atoms with van der Waals surface area (Å²) in [4.78, 5) is 16.2. The van der Waals surface area contributed by atoms with Gasteiger partial charge >= 0.3 is 12.2 Å². The summed E-state index contributed by atoms with van der Waals surface area (Å²) in [6.07, 6.45) is -2.32. The van der Waals surface area contributed by atoms with Crippen LogP contribution in [0.5, 0.6) is 5.88 Å². The Kier molecular flexibility index (Phi) is 5.63. The monoisotopic (exact) mass is 474 g/mol. The second-order valence-electron chi connectivity index (χ2n) is 7.49. The Morgan fingerprint density at radius 3 is 2.88 bits per heavy atom. The van der Waals surface area contributed by atoms with Crippen LogP contribution in [0.3, 0.4) is 0 Å². The summed E-state index contributed by atoms with van der Waals surface area (Å²) in [7, 11) is -2.28. The summed E-state index contributed by atoms with van der Waals surface area (Å²) in [5, 5.41) is 12.2. The number of anilines is 1. The zero-order valence-electron chi connectivity index (χ0n) is 17.2. The molecule has 0 fully saturated rings. The van der Waals surface area contributed by atoms with Gasteiger partial charge in [-0.2, -0.15) is 18.3 Å². The number of carbonyl (C=O) groups excluding carboxylic acids is 1. The average molecular weight is 474 g/mol. The SMILES string of the molecule is CO[C@H]1COc2c(S(N)(=O)=NC(=O)Nc3c(C)c(C(F)(F)F)nc4c3CCC4)cnn2C1. The smallest absolute Gasteiger partial charge is 0.433 e. The van der Waals surface area contributed by atoms with Gasteiger partial charge in [-0.3, -0.25) is 0 Å². The number of rotatable bonds is 3.